The van der Waals surface area contributed by atoms with E-state index < -0.39 is 17.9 Å². The number of esters is 1. The third-order valence-corrected chi connectivity index (χ3v) is 7.87. The van der Waals surface area contributed by atoms with Crippen molar-refractivity contribution in [2.45, 2.75) is 26.5 Å². The zero-order valence-corrected chi connectivity index (χ0v) is 28.2. The van der Waals surface area contributed by atoms with Crippen molar-refractivity contribution in [1.29, 1.82) is 0 Å². The van der Waals surface area contributed by atoms with Gasteiger partial charge in [-0.2, -0.15) is 5.10 Å². The number of para-hydroxylation sites is 1. The average molecular weight is 828 g/mol. The summed E-state index contributed by atoms with van der Waals surface area (Å²) < 4.78 is 32.1. The quantitative estimate of drug-likeness (QED) is 0.0766. The van der Waals surface area contributed by atoms with Gasteiger partial charge in [0.2, 0.25) is 0 Å². The van der Waals surface area contributed by atoms with Crippen molar-refractivity contribution in [2.24, 2.45) is 5.10 Å². The second kappa shape index (κ2) is 15.4. The fourth-order valence-corrected chi connectivity index (χ4v) is 6.58. The number of nitrogens with zero attached hydrogens (tertiary/aromatic N) is 1. The van der Waals surface area contributed by atoms with Crippen molar-refractivity contribution >= 4 is 80.6 Å². The first-order valence-corrected chi connectivity index (χ1v) is 15.6. The summed E-state index contributed by atoms with van der Waals surface area (Å²) in [4.78, 5) is 25.3. The number of nitrogens with one attached hydrogen (secondary N) is 3. The molecule has 43 heavy (non-hydrogen) atoms. The number of carbonyl (C=O) groups is 2. The highest BCUT2D eigenvalue weighted by atomic mass is 127. The van der Waals surface area contributed by atoms with Crippen LogP contribution in [0, 0.1) is 13.0 Å². The van der Waals surface area contributed by atoms with Crippen LogP contribution in [0.4, 0.5) is 4.39 Å². The molecule has 0 radical (unpaired) electrons. The van der Waals surface area contributed by atoms with Gasteiger partial charge in [-0.25, -0.2) is 14.6 Å². The van der Waals surface area contributed by atoms with Gasteiger partial charge in [0.05, 0.1) is 31.6 Å². The Kier molecular flexibility index (Phi) is 11.7. The van der Waals surface area contributed by atoms with Gasteiger partial charge in [0.25, 0.3) is 5.91 Å². The van der Waals surface area contributed by atoms with Gasteiger partial charge >= 0.3 is 5.97 Å². The lowest BCUT2D eigenvalue weighted by Gasteiger charge is -2.30. The molecule has 0 aliphatic carbocycles. The summed E-state index contributed by atoms with van der Waals surface area (Å²) in [5.41, 5.74) is 5.51. The molecule has 9 nitrogen and oxygen atoms in total. The summed E-state index contributed by atoms with van der Waals surface area (Å²) in [7, 11) is 0. The van der Waals surface area contributed by atoms with Crippen LogP contribution in [-0.2, 0) is 20.9 Å². The minimum atomic E-state index is -0.629. The number of rotatable bonds is 11. The van der Waals surface area contributed by atoms with Crippen LogP contribution >= 0.6 is 57.4 Å². The smallest absolute Gasteiger partial charge is 0.338 e. The molecule has 1 aliphatic rings. The number of amides is 1. The Morgan fingerprint density at radius 1 is 1.09 bits per heavy atom. The molecule has 1 atom stereocenters. The highest BCUT2D eigenvalue weighted by Gasteiger charge is 2.32. The van der Waals surface area contributed by atoms with Crippen molar-refractivity contribution in [1.82, 2.24) is 16.1 Å². The van der Waals surface area contributed by atoms with Crippen LogP contribution in [0.2, 0.25) is 0 Å². The molecule has 0 bridgehead atoms. The van der Waals surface area contributed by atoms with E-state index in [-0.39, 0.29) is 25.6 Å². The van der Waals surface area contributed by atoms with E-state index in [2.05, 4.69) is 66.3 Å². The van der Waals surface area contributed by atoms with Crippen LogP contribution in [0.3, 0.4) is 0 Å². The average Bonchev–Trinajstić information content (AvgIpc) is 2.95. The molecule has 1 aliphatic heterocycles. The number of thiocarbonyl (C=S) groups is 1. The molecule has 0 saturated heterocycles. The molecular formula is C30H27FI2N4O5S. The lowest BCUT2D eigenvalue weighted by Crippen LogP contribution is -2.45. The SMILES string of the molecule is CCOC(=O)C1=C(C)NC(=S)N[C@H]1c1ccccc1OCC(=O)NN=Cc1cc(I)c(OCc2cccc(F)c2)c(I)c1. The summed E-state index contributed by atoms with van der Waals surface area (Å²) in [6.45, 7) is 3.62. The molecule has 3 N–H and O–H groups in total. The zero-order valence-electron chi connectivity index (χ0n) is 23.1. The molecule has 4 rings (SSSR count). The lowest BCUT2D eigenvalue weighted by molar-refractivity contribution is -0.139. The second-order valence-electron chi connectivity index (χ2n) is 9.14. The molecule has 1 heterocycles. The maximum Gasteiger partial charge on any atom is 0.338 e. The van der Waals surface area contributed by atoms with E-state index in [0.717, 1.165) is 18.3 Å². The Bertz CT molecular complexity index is 1580. The van der Waals surface area contributed by atoms with Crippen molar-refractivity contribution in [3.8, 4) is 11.5 Å². The van der Waals surface area contributed by atoms with Crippen LogP contribution < -0.4 is 25.5 Å². The van der Waals surface area contributed by atoms with Gasteiger partial charge in [0.1, 0.15) is 23.9 Å². The highest BCUT2D eigenvalue weighted by Crippen LogP contribution is 2.34. The number of hydrazone groups is 1. The molecular weight excluding hydrogens is 801 g/mol. The number of benzene rings is 3. The fourth-order valence-electron chi connectivity index (χ4n) is 4.19. The molecule has 3 aromatic rings. The number of ether oxygens (including phenoxy) is 3. The molecule has 224 valence electrons. The Hall–Kier alpha value is -3.31. The molecule has 0 spiro atoms. The normalized spacial score (nSPS) is 14.6. The first kappa shape index (κ1) is 32.6. The third kappa shape index (κ3) is 8.86. The van der Waals surface area contributed by atoms with Gasteiger partial charge in [-0.3, -0.25) is 4.79 Å². The molecule has 0 fully saturated rings. The minimum absolute atomic E-state index is 0.221. The summed E-state index contributed by atoms with van der Waals surface area (Å²) in [6.07, 6.45) is 1.52. The monoisotopic (exact) mass is 828 g/mol. The number of hydrogen-bond donors (Lipinski definition) is 3. The number of carbonyl (C=O) groups excluding carboxylic acids is 2. The van der Waals surface area contributed by atoms with E-state index in [0.29, 0.717) is 33.4 Å². The third-order valence-electron chi connectivity index (χ3n) is 6.05. The van der Waals surface area contributed by atoms with Crippen LogP contribution in [-0.4, -0.2) is 36.4 Å². The molecule has 0 aromatic heterocycles. The Labute approximate surface area is 280 Å². The molecule has 0 unspecified atom stereocenters. The number of hydrogen-bond acceptors (Lipinski definition) is 7. The Balaban J connectivity index is 1.38. The van der Waals surface area contributed by atoms with Gasteiger partial charge in [0.15, 0.2) is 11.7 Å². The van der Waals surface area contributed by atoms with Crippen molar-refractivity contribution < 1.29 is 28.2 Å². The lowest BCUT2D eigenvalue weighted by atomic mass is 9.95. The first-order valence-electron chi connectivity index (χ1n) is 13.0. The van der Waals surface area contributed by atoms with Gasteiger partial charge in [-0.1, -0.05) is 30.3 Å². The van der Waals surface area contributed by atoms with E-state index in [1.165, 1.54) is 18.3 Å². The predicted octanol–water partition coefficient (Wildman–Crippen LogP) is 5.50. The van der Waals surface area contributed by atoms with Gasteiger partial charge in [-0.15, -0.1) is 0 Å². The summed E-state index contributed by atoms with van der Waals surface area (Å²) in [6, 6.07) is 16.4. The number of allylic oxidation sites excluding steroid dienone is 1. The van der Waals surface area contributed by atoms with Crippen molar-refractivity contribution in [3.05, 3.63) is 102 Å². The van der Waals surface area contributed by atoms with Gasteiger partial charge < -0.3 is 24.8 Å². The van der Waals surface area contributed by atoms with E-state index in [1.807, 2.05) is 12.1 Å². The highest BCUT2D eigenvalue weighted by molar-refractivity contribution is 14.1. The molecule has 0 saturated carbocycles. The van der Waals surface area contributed by atoms with Crippen LogP contribution in [0.15, 0.2) is 77.0 Å². The Morgan fingerprint density at radius 2 is 1.84 bits per heavy atom. The zero-order chi connectivity index (χ0) is 30.9. The summed E-state index contributed by atoms with van der Waals surface area (Å²) in [5, 5.41) is 10.5. The second-order valence-corrected chi connectivity index (χ2v) is 11.9. The maximum atomic E-state index is 13.5. The number of halogens is 3. The summed E-state index contributed by atoms with van der Waals surface area (Å²) >= 11 is 9.63. The van der Waals surface area contributed by atoms with E-state index >= 15 is 0 Å². The summed E-state index contributed by atoms with van der Waals surface area (Å²) in [5.74, 6) is -0.191. The van der Waals surface area contributed by atoms with Crippen molar-refractivity contribution in [3.63, 3.8) is 0 Å². The Morgan fingerprint density at radius 3 is 2.56 bits per heavy atom. The van der Waals surface area contributed by atoms with Crippen LogP contribution in [0.25, 0.3) is 0 Å². The van der Waals surface area contributed by atoms with Crippen LogP contribution in [0.5, 0.6) is 11.5 Å². The molecule has 3 aromatic carbocycles. The van der Waals surface area contributed by atoms with E-state index in [1.54, 1.807) is 50.2 Å². The van der Waals surface area contributed by atoms with E-state index in [9.17, 15) is 14.0 Å². The fraction of sp³-hybridized carbons (Fsp3) is 0.200. The van der Waals surface area contributed by atoms with Gasteiger partial charge in [0, 0.05) is 11.3 Å². The topological polar surface area (TPSA) is 110 Å². The maximum absolute atomic E-state index is 13.5. The first-order chi connectivity index (χ1) is 20.7. The van der Waals surface area contributed by atoms with E-state index in [4.69, 9.17) is 26.4 Å². The molecule has 1 amide bonds. The molecule has 13 heteroatoms. The van der Waals surface area contributed by atoms with Crippen LogP contribution in [0.1, 0.15) is 36.6 Å². The minimum Gasteiger partial charge on any atom is -0.487 e. The van der Waals surface area contributed by atoms with Crippen molar-refractivity contribution in [2.75, 3.05) is 13.2 Å². The standard InChI is InChI=1S/C30H27FI2N4O5S/c1-3-40-29(39)26-17(2)35-30(43)36-27(26)21-9-4-5-10-24(21)41-16-25(38)37-34-14-19-12-22(32)28(23(33)13-19)42-15-18-7-6-8-20(31)11-18/h4-14,27H,3,15-16H2,1-2H3,(H,37,38)(H2,35,36,43)/t27-/m0/s1. The predicted molar refractivity (Wildman–Crippen MR) is 181 cm³/mol. The largest absolute Gasteiger partial charge is 0.487 e. The van der Waals surface area contributed by atoms with Gasteiger partial charge in [-0.05, 0) is 113 Å².